The molecule has 3 aromatic rings. The minimum Gasteiger partial charge on any atom is -0.329 e. The van der Waals surface area contributed by atoms with Crippen LogP contribution in [0.3, 0.4) is 0 Å². The number of carbonyl (C=O) groups is 1. The average molecular weight is 338 g/mol. The number of nitrogens with zero attached hydrogens (tertiary/aromatic N) is 2. The maximum atomic E-state index is 14.1. The van der Waals surface area contributed by atoms with E-state index in [1.807, 2.05) is 0 Å². The van der Waals surface area contributed by atoms with E-state index in [2.05, 4.69) is 15.4 Å². The van der Waals surface area contributed by atoms with E-state index in [0.29, 0.717) is 29.9 Å². The molecule has 0 unspecified atom stereocenters. The lowest BCUT2D eigenvalue weighted by Crippen LogP contribution is -2.29. The molecule has 1 saturated carbocycles. The lowest BCUT2D eigenvalue weighted by atomic mass is 9.94. The summed E-state index contributed by atoms with van der Waals surface area (Å²) in [6, 6.07) is 11.1. The highest BCUT2D eigenvalue weighted by molar-refractivity contribution is 6.00. The number of anilines is 1. The molecule has 25 heavy (non-hydrogen) atoms. The first kappa shape index (κ1) is 15.3. The Morgan fingerprint density at radius 2 is 2.04 bits per heavy atom. The highest BCUT2D eigenvalue weighted by atomic mass is 19.1. The number of aromatic amines is 1. The third-order valence-electron chi connectivity index (χ3n) is 4.43. The fourth-order valence-corrected chi connectivity index (χ4v) is 2.94. The van der Waals surface area contributed by atoms with Crippen molar-refractivity contribution in [1.82, 2.24) is 14.8 Å². The maximum Gasteiger partial charge on any atom is 0.250 e. The van der Waals surface area contributed by atoms with Crippen molar-refractivity contribution in [2.45, 2.75) is 18.3 Å². The molecule has 2 heterocycles. The number of aromatic nitrogens is 3. The van der Waals surface area contributed by atoms with Crippen LogP contribution in [0.1, 0.15) is 18.4 Å². The molecule has 2 aromatic heterocycles. The van der Waals surface area contributed by atoms with Crippen LogP contribution in [-0.4, -0.2) is 20.7 Å². The Bertz CT molecular complexity index is 1000. The van der Waals surface area contributed by atoms with Gasteiger partial charge in [0, 0.05) is 30.1 Å². The van der Waals surface area contributed by atoms with Gasteiger partial charge in [-0.1, -0.05) is 18.2 Å². The topological polar surface area (TPSA) is 79.8 Å². The molecule has 0 radical (unpaired) electrons. The summed E-state index contributed by atoms with van der Waals surface area (Å²) in [7, 11) is 0. The fourth-order valence-electron chi connectivity index (χ4n) is 2.94. The van der Waals surface area contributed by atoms with Gasteiger partial charge in [0.1, 0.15) is 5.82 Å². The molecule has 0 aliphatic heterocycles. The maximum absolute atomic E-state index is 14.1. The zero-order chi connectivity index (χ0) is 17.4. The molecule has 1 fully saturated rings. The predicted octanol–water partition coefficient (Wildman–Crippen LogP) is 2.37. The fraction of sp³-hybridized carbons (Fsp3) is 0.167. The van der Waals surface area contributed by atoms with Crippen molar-refractivity contribution >= 4 is 11.7 Å². The Balaban J connectivity index is 1.56. The molecule has 1 amide bonds. The summed E-state index contributed by atoms with van der Waals surface area (Å²) < 4.78 is 15.5. The number of amides is 1. The van der Waals surface area contributed by atoms with Gasteiger partial charge in [0.25, 0.3) is 0 Å². The van der Waals surface area contributed by atoms with E-state index in [4.69, 9.17) is 0 Å². The molecule has 6 nitrogen and oxygen atoms in total. The third kappa shape index (κ3) is 2.73. The molecule has 7 heteroatoms. The molecular formula is C18H15FN4O2. The highest BCUT2D eigenvalue weighted by Crippen LogP contribution is 2.49. The first-order valence-corrected chi connectivity index (χ1v) is 7.90. The van der Waals surface area contributed by atoms with Gasteiger partial charge in [-0.15, -0.1) is 0 Å². The van der Waals surface area contributed by atoms with Gasteiger partial charge in [-0.3, -0.25) is 9.59 Å². The summed E-state index contributed by atoms with van der Waals surface area (Å²) in [5, 5.41) is 7.01. The third-order valence-corrected chi connectivity index (χ3v) is 4.43. The van der Waals surface area contributed by atoms with Crippen molar-refractivity contribution in [3.05, 3.63) is 76.6 Å². The van der Waals surface area contributed by atoms with Gasteiger partial charge in [0.15, 0.2) is 5.82 Å². The smallest absolute Gasteiger partial charge is 0.250 e. The van der Waals surface area contributed by atoms with Crippen LogP contribution in [0.15, 0.2) is 59.7 Å². The summed E-state index contributed by atoms with van der Waals surface area (Å²) >= 11 is 0. The predicted molar refractivity (Wildman–Crippen MR) is 90.1 cm³/mol. The van der Waals surface area contributed by atoms with Crippen LogP contribution in [0.25, 0.3) is 5.69 Å². The van der Waals surface area contributed by atoms with Crippen molar-refractivity contribution in [2.75, 3.05) is 5.32 Å². The average Bonchev–Trinajstić information content (AvgIpc) is 3.28. The Hall–Kier alpha value is -3.22. The molecule has 1 aliphatic carbocycles. The molecular weight excluding hydrogens is 323 g/mol. The van der Waals surface area contributed by atoms with Crippen LogP contribution in [0.4, 0.5) is 10.2 Å². The SMILES string of the molecule is O=C(Nc1ccn(-c2cc[nH]c(=O)c2)n1)C1(c2ccccc2F)CC1. The first-order valence-electron chi connectivity index (χ1n) is 7.90. The van der Waals surface area contributed by atoms with E-state index >= 15 is 0 Å². The van der Waals surface area contributed by atoms with Crippen molar-refractivity contribution in [2.24, 2.45) is 0 Å². The number of H-pyrrole nitrogens is 1. The molecule has 2 N–H and O–H groups in total. The molecule has 0 atom stereocenters. The summed E-state index contributed by atoms with van der Waals surface area (Å²) in [6.45, 7) is 0. The number of carbonyl (C=O) groups excluding carboxylic acids is 1. The van der Waals surface area contributed by atoms with E-state index in [1.165, 1.54) is 23.0 Å². The largest absolute Gasteiger partial charge is 0.329 e. The van der Waals surface area contributed by atoms with E-state index in [9.17, 15) is 14.0 Å². The van der Waals surface area contributed by atoms with Gasteiger partial charge < -0.3 is 10.3 Å². The second-order valence-electron chi connectivity index (χ2n) is 6.07. The molecule has 0 spiro atoms. The van der Waals surface area contributed by atoms with Crippen LogP contribution in [0, 0.1) is 5.82 Å². The van der Waals surface area contributed by atoms with E-state index < -0.39 is 5.41 Å². The Kier molecular flexibility index (Phi) is 3.49. The quantitative estimate of drug-likeness (QED) is 0.766. The second-order valence-corrected chi connectivity index (χ2v) is 6.07. The lowest BCUT2D eigenvalue weighted by Gasteiger charge is -2.15. The Morgan fingerprint density at radius 1 is 1.24 bits per heavy atom. The number of nitrogens with one attached hydrogen (secondary N) is 2. The number of hydrogen-bond donors (Lipinski definition) is 2. The van der Waals surface area contributed by atoms with Crippen LogP contribution in [0.2, 0.25) is 0 Å². The number of pyridine rings is 1. The molecule has 4 rings (SSSR count). The molecule has 0 bridgehead atoms. The van der Waals surface area contributed by atoms with Crippen molar-refractivity contribution in [1.29, 1.82) is 0 Å². The molecule has 1 aromatic carbocycles. The number of benzene rings is 1. The van der Waals surface area contributed by atoms with Crippen LogP contribution < -0.4 is 10.9 Å². The van der Waals surface area contributed by atoms with Crippen LogP contribution >= 0.6 is 0 Å². The molecule has 0 saturated heterocycles. The standard InChI is InChI=1S/C18H15FN4O2/c19-14-4-2-1-3-13(14)18(7-8-18)17(25)21-15-6-10-23(22-15)12-5-9-20-16(24)11-12/h1-6,9-11H,7-8H2,(H,20,24)(H,21,22,25). The molecule has 126 valence electrons. The molecule has 1 aliphatic rings. The normalized spacial score (nSPS) is 14.9. The van der Waals surface area contributed by atoms with Gasteiger partial charge in [-0.05, 0) is 25.0 Å². The second kappa shape index (κ2) is 5.70. The summed E-state index contributed by atoms with van der Waals surface area (Å²) in [5.74, 6) is -0.286. The van der Waals surface area contributed by atoms with Gasteiger partial charge in [0.05, 0.1) is 11.1 Å². The summed E-state index contributed by atoms with van der Waals surface area (Å²) in [5.41, 5.74) is -0.0602. The monoisotopic (exact) mass is 338 g/mol. The zero-order valence-electron chi connectivity index (χ0n) is 13.2. The van der Waals surface area contributed by atoms with Gasteiger partial charge in [-0.2, -0.15) is 5.10 Å². The zero-order valence-corrected chi connectivity index (χ0v) is 13.2. The van der Waals surface area contributed by atoms with Crippen molar-refractivity contribution in [3.63, 3.8) is 0 Å². The summed E-state index contributed by atoms with van der Waals surface area (Å²) in [4.78, 5) is 26.6. The summed E-state index contributed by atoms with van der Waals surface area (Å²) in [6.07, 6.45) is 4.38. The Morgan fingerprint density at radius 3 is 2.76 bits per heavy atom. The number of rotatable bonds is 4. The minimum absolute atomic E-state index is 0.241. The van der Waals surface area contributed by atoms with Gasteiger partial charge in [-0.25, -0.2) is 9.07 Å². The van der Waals surface area contributed by atoms with E-state index in [1.54, 1.807) is 36.5 Å². The minimum atomic E-state index is -0.820. The van der Waals surface area contributed by atoms with Gasteiger partial charge >= 0.3 is 0 Å². The first-order chi connectivity index (χ1) is 12.1. The Labute approximate surface area is 142 Å². The van der Waals surface area contributed by atoms with E-state index in [-0.39, 0.29) is 17.3 Å². The lowest BCUT2D eigenvalue weighted by molar-refractivity contribution is -0.118. The number of hydrogen-bond acceptors (Lipinski definition) is 3. The van der Waals surface area contributed by atoms with Crippen molar-refractivity contribution in [3.8, 4) is 5.69 Å². The van der Waals surface area contributed by atoms with Crippen LogP contribution in [0.5, 0.6) is 0 Å². The highest BCUT2D eigenvalue weighted by Gasteiger charge is 2.52. The van der Waals surface area contributed by atoms with Crippen LogP contribution in [-0.2, 0) is 10.2 Å². The number of halogens is 1. The van der Waals surface area contributed by atoms with E-state index in [0.717, 1.165) is 0 Å². The van der Waals surface area contributed by atoms with Crippen molar-refractivity contribution < 1.29 is 9.18 Å². The van der Waals surface area contributed by atoms with Gasteiger partial charge in [0.2, 0.25) is 11.5 Å².